The largest absolute Gasteiger partial charge is 0.368 e. The molecule has 2 aromatic carbocycles. The minimum absolute atomic E-state index is 0.101. The van der Waals surface area contributed by atoms with Gasteiger partial charge in [0.15, 0.2) is 0 Å². The van der Waals surface area contributed by atoms with Crippen LogP contribution in [0, 0.1) is 0 Å². The van der Waals surface area contributed by atoms with Gasteiger partial charge in [-0.05, 0) is 30.5 Å². The lowest BCUT2D eigenvalue weighted by Gasteiger charge is -2.41. The number of hydrogen-bond acceptors (Lipinski definition) is 4. The topological polar surface area (TPSA) is 69.9 Å². The highest BCUT2D eigenvalue weighted by molar-refractivity contribution is 5.82. The predicted octanol–water partition coefficient (Wildman–Crippen LogP) is 2.26. The van der Waals surface area contributed by atoms with Crippen LogP contribution < -0.4 is 5.73 Å². The number of nitrogens with zero attached hydrogens (tertiary/aromatic N) is 3. The van der Waals surface area contributed by atoms with E-state index < -0.39 is 0 Å². The molecule has 0 radical (unpaired) electrons. The molecule has 2 heterocycles. The molecule has 0 aliphatic carbocycles. The molecule has 164 valence electrons. The van der Waals surface area contributed by atoms with Crippen molar-refractivity contribution in [2.45, 2.75) is 31.3 Å². The summed E-state index contributed by atoms with van der Waals surface area (Å²) in [5.74, 6) is -0.213. The monoisotopic (exact) mass is 420 g/mol. The molecule has 4 rings (SSSR count). The Kier molecular flexibility index (Phi) is 6.99. The highest BCUT2D eigenvalue weighted by Crippen LogP contribution is 2.29. The van der Waals surface area contributed by atoms with E-state index in [4.69, 9.17) is 5.73 Å². The van der Waals surface area contributed by atoms with Crippen LogP contribution in [-0.2, 0) is 9.59 Å². The summed E-state index contributed by atoms with van der Waals surface area (Å²) in [6, 6.07) is 21.0. The Bertz CT molecular complexity index is 826. The molecule has 2 aliphatic heterocycles. The summed E-state index contributed by atoms with van der Waals surface area (Å²) in [6.45, 7) is 4.09. The van der Waals surface area contributed by atoms with Gasteiger partial charge in [-0.3, -0.25) is 19.4 Å². The molecular weight excluding hydrogens is 388 g/mol. The number of piperazine rings is 1. The van der Waals surface area contributed by atoms with Gasteiger partial charge in [-0.15, -0.1) is 0 Å². The Labute approximate surface area is 184 Å². The first-order chi connectivity index (χ1) is 15.1. The third-order valence-electron chi connectivity index (χ3n) is 6.54. The van der Waals surface area contributed by atoms with Crippen LogP contribution in [0.15, 0.2) is 60.7 Å². The van der Waals surface area contributed by atoms with Crippen LogP contribution in [0.4, 0.5) is 0 Å². The second kappa shape index (κ2) is 10.1. The van der Waals surface area contributed by atoms with Crippen molar-refractivity contribution in [1.82, 2.24) is 14.7 Å². The highest BCUT2D eigenvalue weighted by atomic mass is 16.2. The number of rotatable bonds is 6. The molecule has 6 nitrogen and oxygen atoms in total. The van der Waals surface area contributed by atoms with Crippen molar-refractivity contribution in [3.05, 3.63) is 71.8 Å². The van der Waals surface area contributed by atoms with Crippen LogP contribution >= 0.6 is 0 Å². The Morgan fingerprint density at radius 2 is 1.42 bits per heavy atom. The molecule has 0 bridgehead atoms. The van der Waals surface area contributed by atoms with E-state index in [2.05, 4.69) is 53.4 Å². The molecule has 6 heteroatoms. The van der Waals surface area contributed by atoms with Gasteiger partial charge in [0.1, 0.15) is 0 Å². The summed E-state index contributed by atoms with van der Waals surface area (Å²) < 4.78 is 0. The molecule has 2 N–H and O–H groups in total. The van der Waals surface area contributed by atoms with Crippen LogP contribution in [0.3, 0.4) is 0 Å². The Morgan fingerprint density at radius 3 is 1.97 bits per heavy atom. The van der Waals surface area contributed by atoms with E-state index in [1.165, 1.54) is 11.1 Å². The summed E-state index contributed by atoms with van der Waals surface area (Å²) in [4.78, 5) is 31.1. The van der Waals surface area contributed by atoms with E-state index in [0.29, 0.717) is 13.1 Å². The number of piperidine rings is 1. The number of primary amides is 1. The molecule has 1 atom stereocenters. The summed E-state index contributed by atoms with van der Waals surface area (Å²) in [6.07, 6.45) is 2.77. The lowest BCUT2D eigenvalue weighted by atomic mass is 9.96. The maximum Gasteiger partial charge on any atom is 0.236 e. The highest BCUT2D eigenvalue weighted by Gasteiger charge is 2.32. The van der Waals surface area contributed by atoms with Gasteiger partial charge in [-0.25, -0.2) is 0 Å². The van der Waals surface area contributed by atoms with E-state index in [1.807, 2.05) is 21.9 Å². The van der Waals surface area contributed by atoms with Gasteiger partial charge in [0.25, 0.3) is 0 Å². The maximum absolute atomic E-state index is 13.0. The van der Waals surface area contributed by atoms with Crippen LogP contribution in [0.2, 0.25) is 0 Å². The molecule has 2 aliphatic rings. The molecule has 0 aromatic heterocycles. The fourth-order valence-corrected chi connectivity index (χ4v) is 4.89. The smallest absolute Gasteiger partial charge is 0.236 e. The van der Waals surface area contributed by atoms with Crippen molar-refractivity contribution in [3.8, 4) is 0 Å². The van der Waals surface area contributed by atoms with Crippen molar-refractivity contribution in [3.63, 3.8) is 0 Å². The van der Waals surface area contributed by atoms with E-state index >= 15 is 0 Å². The molecule has 2 fully saturated rings. The summed E-state index contributed by atoms with van der Waals surface area (Å²) in [7, 11) is 0. The van der Waals surface area contributed by atoms with E-state index in [1.54, 1.807) is 0 Å². The van der Waals surface area contributed by atoms with Crippen molar-refractivity contribution in [2.75, 3.05) is 39.3 Å². The first-order valence-corrected chi connectivity index (χ1v) is 11.3. The third kappa shape index (κ3) is 5.14. The average Bonchev–Trinajstić information content (AvgIpc) is 2.81. The third-order valence-corrected chi connectivity index (χ3v) is 6.54. The Morgan fingerprint density at radius 1 is 0.839 bits per heavy atom. The van der Waals surface area contributed by atoms with Gasteiger partial charge in [0.05, 0.1) is 18.6 Å². The minimum Gasteiger partial charge on any atom is -0.368 e. The molecule has 0 spiro atoms. The second-order valence-electron chi connectivity index (χ2n) is 8.53. The maximum atomic E-state index is 13.0. The van der Waals surface area contributed by atoms with Crippen LogP contribution in [0.25, 0.3) is 0 Å². The molecule has 2 saturated heterocycles. The molecule has 0 unspecified atom stereocenters. The van der Waals surface area contributed by atoms with Crippen molar-refractivity contribution < 1.29 is 9.59 Å². The number of carbonyl (C=O) groups excluding carboxylic acids is 2. The first kappa shape index (κ1) is 21.5. The van der Waals surface area contributed by atoms with Crippen molar-refractivity contribution in [2.24, 2.45) is 5.73 Å². The predicted molar refractivity (Wildman–Crippen MR) is 121 cm³/mol. The SMILES string of the molecule is NC(=O)[C@H]1CCCCN1CC(=O)N1CCN(C(c2ccccc2)c2ccccc2)CC1. The molecular formula is C25H32N4O2. The van der Waals surface area contributed by atoms with Gasteiger partial charge in [0.2, 0.25) is 11.8 Å². The molecule has 31 heavy (non-hydrogen) atoms. The molecule has 2 amide bonds. The lowest BCUT2D eigenvalue weighted by Crippen LogP contribution is -2.55. The number of amides is 2. The van der Waals surface area contributed by atoms with Gasteiger partial charge in [-0.2, -0.15) is 0 Å². The second-order valence-corrected chi connectivity index (χ2v) is 8.53. The normalized spacial score (nSPS) is 20.7. The quantitative estimate of drug-likeness (QED) is 0.778. The van der Waals surface area contributed by atoms with Crippen LogP contribution in [-0.4, -0.2) is 71.8 Å². The van der Waals surface area contributed by atoms with Gasteiger partial charge in [0, 0.05) is 26.2 Å². The lowest BCUT2D eigenvalue weighted by molar-refractivity contribution is -0.136. The first-order valence-electron chi connectivity index (χ1n) is 11.3. The van der Waals surface area contributed by atoms with E-state index in [-0.39, 0.29) is 30.4 Å². The van der Waals surface area contributed by atoms with Gasteiger partial charge >= 0.3 is 0 Å². The standard InChI is InChI=1S/C25H32N4O2/c26-25(31)22-13-7-8-14-29(22)19-23(30)27-15-17-28(18-16-27)24(20-9-3-1-4-10-20)21-11-5-2-6-12-21/h1-6,9-12,22,24H,7-8,13-19H2,(H2,26,31)/t22-/m1/s1. The number of benzene rings is 2. The zero-order valence-electron chi connectivity index (χ0n) is 18.0. The van der Waals surface area contributed by atoms with Crippen molar-refractivity contribution in [1.29, 1.82) is 0 Å². The zero-order valence-corrected chi connectivity index (χ0v) is 18.0. The number of carbonyl (C=O) groups is 2. The molecule has 0 saturated carbocycles. The van der Waals surface area contributed by atoms with Gasteiger partial charge in [-0.1, -0.05) is 67.1 Å². The Balaban J connectivity index is 1.41. The summed E-state index contributed by atoms with van der Waals surface area (Å²) in [5, 5.41) is 0. The van der Waals surface area contributed by atoms with Crippen molar-refractivity contribution >= 4 is 11.8 Å². The number of hydrogen-bond donors (Lipinski definition) is 1. The van der Waals surface area contributed by atoms with E-state index in [9.17, 15) is 9.59 Å². The Hall–Kier alpha value is -2.70. The van der Waals surface area contributed by atoms with Crippen LogP contribution in [0.1, 0.15) is 36.4 Å². The number of likely N-dealkylation sites (tertiary alicyclic amines) is 1. The molecule has 2 aromatic rings. The summed E-state index contributed by atoms with van der Waals surface area (Å²) >= 11 is 0. The zero-order chi connectivity index (χ0) is 21.6. The summed E-state index contributed by atoms with van der Waals surface area (Å²) in [5.41, 5.74) is 8.10. The average molecular weight is 421 g/mol. The van der Waals surface area contributed by atoms with E-state index in [0.717, 1.165) is 38.9 Å². The van der Waals surface area contributed by atoms with Gasteiger partial charge < -0.3 is 10.6 Å². The fraction of sp³-hybridized carbons (Fsp3) is 0.440. The fourth-order valence-electron chi connectivity index (χ4n) is 4.89. The van der Waals surface area contributed by atoms with Crippen LogP contribution in [0.5, 0.6) is 0 Å². The minimum atomic E-state index is -0.314. The number of nitrogens with two attached hydrogens (primary N) is 1.